The van der Waals surface area contributed by atoms with Gasteiger partial charge in [0.15, 0.2) is 0 Å². The third kappa shape index (κ3) is 3.60. The third-order valence-electron chi connectivity index (χ3n) is 6.07. The van der Waals surface area contributed by atoms with Crippen LogP contribution < -0.4 is 0 Å². The van der Waals surface area contributed by atoms with E-state index in [1.807, 2.05) is 18.7 Å². The van der Waals surface area contributed by atoms with Gasteiger partial charge in [-0.1, -0.05) is 0 Å². The largest absolute Gasteiger partial charge is 0.342 e. The van der Waals surface area contributed by atoms with Crippen molar-refractivity contribution in [3.63, 3.8) is 0 Å². The summed E-state index contributed by atoms with van der Waals surface area (Å²) in [6.45, 7) is 6.55. The fourth-order valence-corrected chi connectivity index (χ4v) is 4.22. The van der Waals surface area contributed by atoms with E-state index in [2.05, 4.69) is 19.4 Å². The lowest BCUT2D eigenvalue weighted by atomic mass is 9.72. The lowest BCUT2D eigenvalue weighted by molar-refractivity contribution is -0.139. The van der Waals surface area contributed by atoms with Gasteiger partial charge in [-0.15, -0.1) is 0 Å². The summed E-state index contributed by atoms with van der Waals surface area (Å²) in [6, 6.07) is 0. The normalized spacial score (nSPS) is 25.2. The highest BCUT2D eigenvalue weighted by Gasteiger charge is 2.41. The number of carbonyl (C=O) groups excluding carboxylic acids is 1. The minimum absolute atomic E-state index is 0.407. The van der Waals surface area contributed by atoms with Crippen molar-refractivity contribution in [2.24, 2.45) is 11.3 Å². The number of amides is 1. The molecule has 126 valence electrons. The quantitative estimate of drug-likeness (QED) is 0.834. The Morgan fingerprint density at radius 3 is 2.70 bits per heavy atom. The van der Waals surface area contributed by atoms with Crippen molar-refractivity contribution in [3.05, 3.63) is 18.7 Å². The lowest BCUT2D eigenvalue weighted by Crippen LogP contribution is -2.52. The van der Waals surface area contributed by atoms with Gasteiger partial charge in [0, 0.05) is 45.0 Å². The van der Waals surface area contributed by atoms with Crippen LogP contribution in [0.3, 0.4) is 0 Å². The van der Waals surface area contributed by atoms with Crippen LogP contribution in [0.25, 0.3) is 0 Å². The van der Waals surface area contributed by atoms with Crippen molar-refractivity contribution in [1.82, 2.24) is 19.4 Å². The van der Waals surface area contributed by atoms with E-state index in [9.17, 15) is 4.79 Å². The van der Waals surface area contributed by atoms with E-state index in [0.29, 0.717) is 11.3 Å². The molecule has 1 aliphatic carbocycles. The van der Waals surface area contributed by atoms with Crippen molar-refractivity contribution in [1.29, 1.82) is 0 Å². The van der Waals surface area contributed by atoms with E-state index in [4.69, 9.17) is 0 Å². The molecule has 0 atom stereocenters. The number of carbonyl (C=O) groups is 1. The highest BCUT2D eigenvalue weighted by molar-refractivity contribution is 5.77. The lowest BCUT2D eigenvalue weighted by Gasteiger charge is -2.47. The number of rotatable bonds is 5. The van der Waals surface area contributed by atoms with Crippen LogP contribution in [0.15, 0.2) is 18.7 Å². The van der Waals surface area contributed by atoms with Gasteiger partial charge in [0.2, 0.25) is 5.91 Å². The van der Waals surface area contributed by atoms with E-state index in [1.54, 1.807) is 0 Å². The molecule has 1 aromatic heterocycles. The summed E-state index contributed by atoms with van der Waals surface area (Å²) in [4.78, 5) is 21.1. The topological polar surface area (TPSA) is 41.4 Å². The second-order valence-electron chi connectivity index (χ2n) is 7.86. The number of hydrogen-bond donors (Lipinski definition) is 0. The first-order valence-electron chi connectivity index (χ1n) is 9.18. The van der Waals surface area contributed by atoms with Gasteiger partial charge in [-0.2, -0.15) is 0 Å². The molecule has 0 unspecified atom stereocenters. The van der Waals surface area contributed by atoms with Crippen molar-refractivity contribution >= 4 is 5.91 Å². The van der Waals surface area contributed by atoms with Crippen molar-refractivity contribution in [3.8, 4) is 0 Å². The molecular weight excluding hydrogens is 288 g/mol. The molecule has 23 heavy (non-hydrogen) atoms. The Morgan fingerprint density at radius 1 is 1.17 bits per heavy atom. The maximum atomic E-state index is 12.2. The van der Waals surface area contributed by atoms with Crippen molar-refractivity contribution in [2.45, 2.75) is 45.1 Å². The minimum Gasteiger partial charge on any atom is -0.342 e. The molecule has 1 saturated carbocycles. The molecular formula is C18H28N4O. The van der Waals surface area contributed by atoms with Crippen LogP contribution >= 0.6 is 0 Å². The average molecular weight is 316 g/mol. The first kappa shape index (κ1) is 15.2. The molecule has 2 aliphatic heterocycles. The van der Waals surface area contributed by atoms with Crippen molar-refractivity contribution in [2.75, 3.05) is 32.7 Å². The van der Waals surface area contributed by atoms with E-state index < -0.39 is 0 Å². The maximum Gasteiger partial charge on any atom is 0.222 e. The van der Waals surface area contributed by atoms with E-state index in [0.717, 1.165) is 44.9 Å². The Hall–Kier alpha value is -1.36. The highest BCUT2D eigenvalue weighted by Crippen LogP contribution is 2.41. The Labute approximate surface area is 138 Å². The van der Waals surface area contributed by atoms with Crippen LogP contribution in [0.2, 0.25) is 0 Å². The van der Waals surface area contributed by atoms with Gasteiger partial charge >= 0.3 is 0 Å². The summed E-state index contributed by atoms with van der Waals surface area (Å²) >= 11 is 0. The number of aromatic nitrogens is 2. The Balaban J connectivity index is 1.28. The zero-order valence-electron chi connectivity index (χ0n) is 14.0. The van der Waals surface area contributed by atoms with Gasteiger partial charge < -0.3 is 14.4 Å². The Kier molecular flexibility index (Phi) is 4.14. The summed E-state index contributed by atoms with van der Waals surface area (Å²) in [7, 11) is 0. The molecule has 4 rings (SSSR count). The SMILES string of the molecule is O=C1CCC2(CCN(CCn3ccnc3)CC2)CN1CC1CC1. The average Bonchev–Trinajstić information content (AvgIpc) is 3.22. The molecule has 1 amide bonds. The van der Waals surface area contributed by atoms with Crippen LogP contribution in [0.5, 0.6) is 0 Å². The zero-order chi connectivity index (χ0) is 15.7. The number of hydrogen-bond acceptors (Lipinski definition) is 3. The molecule has 0 radical (unpaired) electrons. The molecule has 5 heteroatoms. The number of nitrogens with zero attached hydrogens (tertiary/aromatic N) is 4. The molecule has 1 aromatic rings. The molecule has 0 N–H and O–H groups in total. The van der Waals surface area contributed by atoms with Crippen LogP contribution in [0.1, 0.15) is 38.5 Å². The van der Waals surface area contributed by atoms with Gasteiger partial charge in [-0.05, 0) is 56.5 Å². The second kappa shape index (κ2) is 6.27. The number of likely N-dealkylation sites (tertiary alicyclic amines) is 2. The first-order valence-corrected chi connectivity index (χ1v) is 9.18. The number of piperidine rings is 2. The number of imidazole rings is 1. The first-order chi connectivity index (χ1) is 11.2. The van der Waals surface area contributed by atoms with Gasteiger partial charge in [-0.3, -0.25) is 4.79 Å². The molecule has 0 aromatic carbocycles. The molecule has 1 spiro atoms. The second-order valence-corrected chi connectivity index (χ2v) is 7.86. The predicted octanol–water partition coefficient (Wildman–Crippen LogP) is 2.00. The van der Waals surface area contributed by atoms with E-state index in [-0.39, 0.29) is 0 Å². The monoisotopic (exact) mass is 316 g/mol. The molecule has 5 nitrogen and oxygen atoms in total. The van der Waals surface area contributed by atoms with Gasteiger partial charge in [-0.25, -0.2) is 4.98 Å². The summed E-state index contributed by atoms with van der Waals surface area (Å²) in [5, 5.41) is 0. The summed E-state index contributed by atoms with van der Waals surface area (Å²) in [5.41, 5.74) is 0.411. The molecule has 3 heterocycles. The van der Waals surface area contributed by atoms with Gasteiger partial charge in [0.1, 0.15) is 0 Å². The maximum absolute atomic E-state index is 12.2. The fraction of sp³-hybridized carbons (Fsp3) is 0.778. The minimum atomic E-state index is 0.407. The highest BCUT2D eigenvalue weighted by atomic mass is 16.2. The smallest absolute Gasteiger partial charge is 0.222 e. The van der Waals surface area contributed by atoms with Gasteiger partial charge in [0.25, 0.3) is 0 Å². The Morgan fingerprint density at radius 2 is 2.00 bits per heavy atom. The zero-order valence-corrected chi connectivity index (χ0v) is 14.0. The summed E-state index contributed by atoms with van der Waals surface area (Å²) in [6.07, 6.45) is 12.8. The van der Waals surface area contributed by atoms with Crippen LogP contribution in [0, 0.1) is 11.3 Å². The molecule has 3 aliphatic rings. The Bertz CT molecular complexity index is 529. The van der Waals surface area contributed by atoms with E-state index in [1.165, 1.54) is 38.8 Å². The standard InChI is InChI=1S/C18H28N4O/c23-17-3-4-18(14-22(17)13-16-1-2-16)5-8-20(9-6-18)11-12-21-10-7-19-15-21/h7,10,15-16H,1-6,8-9,11-14H2. The molecule has 3 fully saturated rings. The molecule has 0 bridgehead atoms. The predicted molar refractivity (Wildman–Crippen MR) is 88.9 cm³/mol. The van der Waals surface area contributed by atoms with Crippen LogP contribution in [-0.2, 0) is 11.3 Å². The van der Waals surface area contributed by atoms with Crippen molar-refractivity contribution < 1.29 is 4.79 Å². The van der Waals surface area contributed by atoms with Gasteiger partial charge in [0.05, 0.1) is 6.33 Å². The van der Waals surface area contributed by atoms with Crippen LogP contribution in [-0.4, -0.2) is 58.0 Å². The van der Waals surface area contributed by atoms with Crippen LogP contribution in [0.4, 0.5) is 0 Å². The third-order valence-corrected chi connectivity index (χ3v) is 6.07. The van der Waals surface area contributed by atoms with E-state index >= 15 is 0 Å². The summed E-state index contributed by atoms with van der Waals surface area (Å²) < 4.78 is 2.15. The fourth-order valence-electron chi connectivity index (χ4n) is 4.22. The summed E-state index contributed by atoms with van der Waals surface area (Å²) in [5.74, 6) is 1.22. The molecule has 2 saturated heterocycles.